The molecule has 0 radical (unpaired) electrons. The lowest BCUT2D eigenvalue weighted by atomic mass is 10.1. The van der Waals surface area contributed by atoms with Gasteiger partial charge >= 0.3 is 6.18 Å². The number of alkyl halides is 3. The average molecular weight is 357 g/mol. The molecule has 3 nitrogen and oxygen atoms in total. The number of aromatic hydroxyl groups is 1. The lowest BCUT2D eigenvalue weighted by molar-refractivity contribution is -0.137. The Bertz CT molecular complexity index is 781. The molecule has 0 saturated heterocycles. The number of ether oxygens (including phenoxy) is 1. The molecule has 2 aromatic rings. The van der Waals surface area contributed by atoms with Gasteiger partial charge in [-0.3, -0.25) is 4.79 Å². The van der Waals surface area contributed by atoms with Gasteiger partial charge in [-0.25, -0.2) is 0 Å². The van der Waals surface area contributed by atoms with Gasteiger partial charge < -0.3 is 9.84 Å². The fourth-order valence-electron chi connectivity index (χ4n) is 1.95. The molecule has 126 valence electrons. The van der Waals surface area contributed by atoms with E-state index in [0.29, 0.717) is 11.3 Å². The largest absolute Gasteiger partial charge is 0.506 e. The maximum Gasteiger partial charge on any atom is 0.416 e. The maximum atomic E-state index is 12.5. The molecular weight excluding hydrogens is 345 g/mol. The topological polar surface area (TPSA) is 46.5 Å². The van der Waals surface area contributed by atoms with Crippen molar-refractivity contribution in [3.63, 3.8) is 0 Å². The smallest absolute Gasteiger partial charge is 0.416 e. The Kier molecular flexibility index (Phi) is 5.19. The molecule has 2 rings (SSSR count). The van der Waals surface area contributed by atoms with Gasteiger partial charge in [0, 0.05) is 17.2 Å². The number of allylic oxidation sites excluding steroid dienone is 1. The van der Waals surface area contributed by atoms with Crippen LogP contribution in [-0.4, -0.2) is 18.0 Å². The van der Waals surface area contributed by atoms with Gasteiger partial charge in [-0.15, -0.1) is 0 Å². The Balaban J connectivity index is 2.23. The van der Waals surface area contributed by atoms with E-state index in [1.54, 1.807) is 0 Å². The fourth-order valence-corrected chi connectivity index (χ4v) is 2.12. The number of rotatable bonds is 4. The Morgan fingerprint density at radius 3 is 2.38 bits per heavy atom. The first-order valence-corrected chi connectivity index (χ1v) is 7.06. The molecule has 0 aliphatic rings. The molecular formula is C17H12ClF3O3. The second-order valence-electron chi connectivity index (χ2n) is 4.82. The number of carbonyl (C=O) groups excluding carboxylic acids is 1. The summed E-state index contributed by atoms with van der Waals surface area (Å²) in [5, 5.41) is 9.59. The molecule has 0 spiro atoms. The van der Waals surface area contributed by atoms with Gasteiger partial charge in [-0.05, 0) is 30.4 Å². The summed E-state index contributed by atoms with van der Waals surface area (Å²) < 4.78 is 42.6. The summed E-state index contributed by atoms with van der Waals surface area (Å²) >= 11 is 5.80. The quantitative estimate of drug-likeness (QED) is 0.621. The highest BCUT2D eigenvalue weighted by molar-refractivity contribution is 6.32. The monoisotopic (exact) mass is 356 g/mol. The second kappa shape index (κ2) is 6.97. The van der Waals surface area contributed by atoms with Gasteiger partial charge in [0.15, 0.2) is 5.78 Å². The second-order valence-corrected chi connectivity index (χ2v) is 5.23. The van der Waals surface area contributed by atoms with Crippen LogP contribution >= 0.6 is 11.6 Å². The number of hydrogen-bond acceptors (Lipinski definition) is 3. The Morgan fingerprint density at radius 2 is 1.83 bits per heavy atom. The molecule has 1 N–H and O–H groups in total. The predicted octanol–water partition coefficient (Wildman–Crippen LogP) is 4.97. The molecule has 7 heteroatoms. The van der Waals surface area contributed by atoms with E-state index in [0.717, 1.165) is 24.3 Å². The van der Waals surface area contributed by atoms with E-state index in [4.69, 9.17) is 16.3 Å². The third-order valence-corrected chi connectivity index (χ3v) is 3.51. The summed E-state index contributed by atoms with van der Waals surface area (Å²) in [6.07, 6.45) is -1.86. The molecule has 24 heavy (non-hydrogen) atoms. The highest BCUT2D eigenvalue weighted by atomic mass is 35.5. The number of ketones is 1. The van der Waals surface area contributed by atoms with Crippen LogP contribution in [0.25, 0.3) is 6.08 Å². The van der Waals surface area contributed by atoms with Crippen LogP contribution in [0.5, 0.6) is 11.5 Å². The van der Waals surface area contributed by atoms with Crippen LogP contribution in [0.3, 0.4) is 0 Å². The first kappa shape index (κ1) is 17.9. The minimum absolute atomic E-state index is 0.0810. The van der Waals surface area contributed by atoms with Crippen molar-refractivity contribution in [3.05, 3.63) is 64.2 Å². The fraction of sp³-hybridized carbons (Fsp3) is 0.118. The molecule has 2 aromatic carbocycles. The standard InChI is InChI=1S/C17H12ClF3O3/c1-24-16-9-15(23)13(18)8-11(16)4-7-14(22)10-2-5-12(6-3-10)17(19,20)21/h2-9,23H,1H3/b7-4+. The zero-order valence-electron chi connectivity index (χ0n) is 12.4. The molecule has 0 amide bonds. The lowest BCUT2D eigenvalue weighted by Crippen LogP contribution is -2.05. The van der Waals surface area contributed by atoms with Gasteiger partial charge in [0.25, 0.3) is 0 Å². The summed E-state index contributed by atoms with van der Waals surface area (Å²) in [5.41, 5.74) is -0.265. The normalized spacial score (nSPS) is 11.7. The molecule has 0 atom stereocenters. The van der Waals surface area contributed by atoms with Crippen LogP contribution < -0.4 is 4.74 Å². The summed E-state index contributed by atoms with van der Waals surface area (Å²) in [6.45, 7) is 0. The van der Waals surface area contributed by atoms with Crippen molar-refractivity contribution >= 4 is 23.5 Å². The number of methoxy groups -OCH3 is 1. The van der Waals surface area contributed by atoms with Crippen LogP contribution in [0, 0.1) is 0 Å². The molecule has 0 aromatic heterocycles. The van der Waals surface area contributed by atoms with E-state index >= 15 is 0 Å². The van der Waals surface area contributed by atoms with Crippen molar-refractivity contribution in [2.75, 3.05) is 7.11 Å². The lowest BCUT2D eigenvalue weighted by Gasteiger charge is -2.07. The number of carbonyl (C=O) groups is 1. The Morgan fingerprint density at radius 1 is 1.21 bits per heavy atom. The number of phenols is 1. The first-order chi connectivity index (χ1) is 11.2. The zero-order valence-corrected chi connectivity index (χ0v) is 13.2. The minimum atomic E-state index is -4.45. The molecule has 0 aliphatic carbocycles. The molecule has 0 heterocycles. The van der Waals surface area contributed by atoms with Crippen molar-refractivity contribution in [1.82, 2.24) is 0 Å². The van der Waals surface area contributed by atoms with Crippen LogP contribution in [-0.2, 0) is 6.18 Å². The van der Waals surface area contributed by atoms with E-state index in [9.17, 15) is 23.1 Å². The number of halogens is 4. The Hall–Kier alpha value is -2.47. The highest BCUT2D eigenvalue weighted by Gasteiger charge is 2.30. The molecule has 0 fully saturated rings. The summed E-state index contributed by atoms with van der Waals surface area (Å²) in [6, 6.07) is 6.61. The van der Waals surface area contributed by atoms with Gasteiger partial charge in [0.2, 0.25) is 0 Å². The molecule has 0 aliphatic heterocycles. The number of phenolic OH excluding ortho intramolecular Hbond substituents is 1. The van der Waals surface area contributed by atoms with Crippen molar-refractivity contribution in [1.29, 1.82) is 0 Å². The molecule has 0 bridgehead atoms. The maximum absolute atomic E-state index is 12.5. The SMILES string of the molecule is COc1cc(O)c(Cl)cc1/C=C/C(=O)c1ccc(C(F)(F)F)cc1. The van der Waals surface area contributed by atoms with Gasteiger partial charge in [-0.2, -0.15) is 13.2 Å². The average Bonchev–Trinajstić information content (AvgIpc) is 2.54. The van der Waals surface area contributed by atoms with Crippen molar-refractivity contribution < 1.29 is 27.8 Å². The van der Waals surface area contributed by atoms with Crippen LogP contribution in [0.2, 0.25) is 5.02 Å². The van der Waals surface area contributed by atoms with Crippen LogP contribution in [0.1, 0.15) is 21.5 Å². The van der Waals surface area contributed by atoms with Crippen molar-refractivity contribution in [2.24, 2.45) is 0 Å². The van der Waals surface area contributed by atoms with Crippen molar-refractivity contribution in [3.8, 4) is 11.5 Å². The minimum Gasteiger partial charge on any atom is -0.506 e. The third-order valence-electron chi connectivity index (χ3n) is 3.21. The van der Waals surface area contributed by atoms with E-state index in [2.05, 4.69) is 0 Å². The van der Waals surface area contributed by atoms with E-state index in [-0.39, 0.29) is 16.3 Å². The van der Waals surface area contributed by atoms with Crippen LogP contribution in [0.4, 0.5) is 13.2 Å². The van der Waals surface area contributed by atoms with E-state index in [1.165, 1.54) is 31.4 Å². The molecule has 0 unspecified atom stereocenters. The van der Waals surface area contributed by atoms with Crippen molar-refractivity contribution in [2.45, 2.75) is 6.18 Å². The number of benzene rings is 2. The van der Waals surface area contributed by atoms with Gasteiger partial charge in [0.05, 0.1) is 17.7 Å². The summed E-state index contributed by atoms with van der Waals surface area (Å²) in [5.74, 6) is -0.344. The molecule has 0 saturated carbocycles. The van der Waals surface area contributed by atoms with Gasteiger partial charge in [-0.1, -0.05) is 23.7 Å². The van der Waals surface area contributed by atoms with E-state index in [1.807, 2.05) is 0 Å². The predicted molar refractivity (Wildman–Crippen MR) is 84.5 cm³/mol. The Labute approximate surface area is 140 Å². The van der Waals surface area contributed by atoms with Crippen LogP contribution in [0.15, 0.2) is 42.5 Å². The van der Waals surface area contributed by atoms with Gasteiger partial charge in [0.1, 0.15) is 11.5 Å². The third kappa shape index (κ3) is 4.08. The van der Waals surface area contributed by atoms with E-state index < -0.39 is 17.5 Å². The summed E-state index contributed by atoms with van der Waals surface area (Å²) in [7, 11) is 1.39. The highest BCUT2D eigenvalue weighted by Crippen LogP contribution is 2.32. The first-order valence-electron chi connectivity index (χ1n) is 6.68. The number of hydrogen-bond donors (Lipinski definition) is 1. The zero-order chi connectivity index (χ0) is 17.9. The summed E-state index contributed by atoms with van der Waals surface area (Å²) in [4.78, 5) is 12.0.